The minimum absolute atomic E-state index is 0.210. The van der Waals surface area contributed by atoms with Gasteiger partial charge in [0.05, 0.1) is 17.6 Å². The van der Waals surface area contributed by atoms with Gasteiger partial charge in [-0.3, -0.25) is 10.1 Å². The van der Waals surface area contributed by atoms with Crippen molar-refractivity contribution in [2.75, 3.05) is 32.7 Å². The lowest BCUT2D eigenvalue weighted by Gasteiger charge is -2.15. The number of anilines is 1. The quantitative estimate of drug-likeness (QED) is 0.547. The van der Waals surface area contributed by atoms with Gasteiger partial charge in [0.1, 0.15) is 5.56 Å². The number of hydrogen-bond acceptors (Lipinski definition) is 6. The van der Waals surface area contributed by atoms with Crippen molar-refractivity contribution >= 4 is 17.3 Å². The lowest BCUT2D eigenvalue weighted by molar-refractivity contribution is -0.385. The van der Waals surface area contributed by atoms with Crippen molar-refractivity contribution in [3.05, 3.63) is 33.9 Å². The summed E-state index contributed by atoms with van der Waals surface area (Å²) in [6, 6.07) is 3.85. The molecule has 0 bridgehead atoms. The smallest absolute Gasteiger partial charge is 0.342 e. The molecule has 0 aromatic heterocycles. The van der Waals surface area contributed by atoms with Crippen LogP contribution in [0.2, 0.25) is 0 Å². The number of nitrogens with zero attached hydrogens (tertiary/aromatic N) is 1. The van der Waals surface area contributed by atoms with Crippen LogP contribution in [0.15, 0.2) is 18.2 Å². The summed E-state index contributed by atoms with van der Waals surface area (Å²) in [5.41, 5.74) is -0.358. The Morgan fingerprint density at radius 1 is 1.50 bits per heavy atom. The van der Waals surface area contributed by atoms with E-state index in [1.807, 2.05) is 0 Å². The van der Waals surface area contributed by atoms with Crippen molar-refractivity contribution in [1.29, 1.82) is 0 Å². The summed E-state index contributed by atoms with van der Waals surface area (Å²) in [6.45, 7) is 0.757. The molecule has 1 unspecified atom stereocenters. The van der Waals surface area contributed by atoms with Crippen LogP contribution in [-0.2, 0) is 9.47 Å². The standard InChI is InChI=1S/C12H16N2O6/c1-19-7-9(20-2)6-13-8-3-4-10(12(15)16)11(5-8)14(17)18/h3-5,9,13H,6-7H2,1-2H3,(H,15,16). The third-order valence-corrected chi connectivity index (χ3v) is 2.64. The molecule has 1 rings (SSSR count). The lowest BCUT2D eigenvalue weighted by Crippen LogP contribution is -2.26. The molecule has 8 heteroatoms. The average molecular weight is 284 g/mol. The minimum atomic E-state index is -1.34. The SMILES string of the molecule is COCC(CNc1ccc(C(=O)O)c([N+](=O)[O-])c1)OC. The Morgan fingerprint density at radius 3 is 2.70 bits per heavy atom. The van der Waals surface area contributed by atoms with Crippen molar-refractivity contribution in [2.45, 2.75) is 6.10 Å². The molecule has 0 saturated heterocycles. The van der Waals surface area contributed by atoms with Crippen LogP contribution in [0.5, 0.6) is 0 Å². The highest BCUT2D eigenvalue weighted by Gasteiger charge is 2.20. The second-order valence-electron chi connectivity index (χ2n) is 3.99. The van der Waals surface area contributed by atoms with Gasteiger partial charge in [-0.25, -0.2) is 4.79 Å². The number of ether oxygens (including phenoxy) is 2. The molecule has 0 spiro atoms. The highest BCUT2D eigenvalue weighted by atomic mass is 16.6. The second-order valence-corrected chi connectivity index (χ2v) is 3.99. The molecule has 1 aromatic carbocycles. The number of aromatic carboxylic acids is 1. The molecular formula is C12H16N2O6. The number of carboxylic acid groups (broad SMARTS) is 1. The van der Waals surface area contributed by atoms with Crippen LogP contribution >= 0.6 is 0 Å². The van der Waals surface area contributed by atoms with Gasteiger partial charge in [0, 0.05) is 32.5 Å². The highest BCUT2D eigenvalue weighted by molar-refractivity contribution is 5.93. The average Bonchev–Trinajstić information content (AvgIpc) is 2.42. The van der Waals surface area contributed by atoms with Gasteiger partial charge in [0.25, 0.3) is 5.69 Å². The van der Waals surface area contributed by atoms with E-state index in [4.69, 9.17) is 14.6 Å². The maximum Gasteiger partial charge on any atom is 0.342 e. The number of nitrogens with one attached hydrogen (secondary N) is 1. The van der Waals surface area contributed by atoms with Crippen molar-refractivity contribution in [3.63, 3.8) is 0 Å². The molecular weight excluding hydrogens is 268 g/mol. The normalized spacial score (nSPS) is 11.9. The minimum Gasteiger partial charge on any atom is -0.477 e. The van der Waals surface area contributed by atoms with Crippen LogP contribution in [0.25, 0.3) is 0 Å². The number of benzene rings is 1. The van der Waals surface area contributed by atoms with Crippen LogP contribution in [0.4, 0.5) is 11.4 Å². The summed E-state index contributed by atoms with van der Waals surface area (Å²) >= 11 is 0. The van der Waals surface area contributed by atoms with Gasteiger partial charge in [0.15, 0.2) is 0 Å². The predicted octanol–water partition coefficient (Wildman–Crippen LogP) is 1.37. The van der Waals surface area contributed by atoms with Crippen LogP contribution < -0.4 is 5.32 Å². The number of carboxylic acids is 1. The zero-order valence-corrected chi connectivity index (χ0v) is 11.2. The van der Waals surface area contributed by atoms with Crippen molar-refractivity contribution in [1.82, 2.24) is 0 Å². The molecule has 0 aliphatic rings. The summed E-state index contributed by atoms with van der Waals surface area (Å²) in [5.74, 6) is -1.34. The van der Waals surface area contributed by atoms with E-state index < -0.39 is 16.6 Å². The van der Waals surface area contributed by atoms with Crippen molar-refractivity contribution < 1.29 is 24.3 Å². The van der Waals surface area contributed by atoms with Gasteiger partial charge in [-0.15, -0.1) is 0 Å². The molecule has 110 valence electrons. The molecule has 0 heterocycles. The summed E-state index contributed by atoms with van der Waals surface area (Å²) in [5, 5.41) is 22.7. The number of hydrogen-bond donors (Lipinski definition) is 2. The summed E-state index contributed by atoms with van der Waals surface area (Å²) in [7, 11) is 3.07. The number of carbonyl (C=O) groups is 1. The van der Waals surface area contributed by atoms with Gasteiger partial charge in [-0.05, 0) is 12.1 Å². The Hall–Kier alpha value is -2.19. The van der Waals surface area contributed by atoms with Crippen LogP contribution in [0.1, 0.15) is 10.4 Å². The third-order valence-electron chi connectivity index (χ3n) is 2.64. The number of rotatable bonds is 8. The fraction of sp³-hybridized carbons (Fsp3) is 0.417. The zero-order chi connectivity index (χ0) is 15.1. The summed E-state index contributed by atoms with van der Waals surface area (Å²) in [6.07, 6.45) is -0.210. The zero-order valence-electron chi connectivity index (χ0n) is 11.2. The van der Waals surface area contributed by atoms with E-state index in [9.17, 15) is 14.9 Å². The molecule has 1 aromatic rings. The number of methoxy groups -OCH3 is 2. The van der Waals surface area contributed by atoms with Gasteiger partial charge >= 0.3 is 5.97 Å². The summed E-state index contributed by atoms with van der Waals surface area (Å²) in [4.78, 5) is 21.0. The van der Waals surface area contributed by atoms with E-state index in [2.05, 4.69) is 5.32 Å². The Balaban J connectivity index is 2.84. The largest absolute Gasteiger partial charge is 0.477 e. The first-order valence-electron chi connectivity index (χ1n) is 5.77. The first-order chi connectivity index (χ1) is 9.49. The van der Waals surface area contributed by atoms with Gasteiger partial charge in [-0.1, -0.05) is 0 Å². The van der Waals surface area contributed by atoms with Crippen LogP contribution in [0.3, 0.4) is 0 Å². The van der Waals surface area contributed by atoms with Gasteiger partial charge in [0.2, 0.25) is 0 Å². The van der Waals surface area contributed by atoms with Crippen LogP contribution in [-0.4, -0.2) is 49.5 Å². The van der Waals surface area contributed by atoms with E-state index in [-0.39, 0.29) is 11.7 Å². The molecule has 2 N–H and O–H groups in total. The Bertz CT molecular complexity index is 491. The molecule has 0 aliphatic carbocycles. The van der Waals surface area contributed by atoms with E-state index in [0.29, 0.717) is 18.8 Å². The van der Waals surface area contributed by atoms with E-state index in [1.54, 1.807) is 7.11 Å². The Kier molecular flexibility index (Phi) is 5.88. The third kappa shape index (κ3) is 4.18. The number of nitro groups is 1. The fourth-order valence-electron chi connectivity index (χ4n) is 1.60. The summed E-state index contributed by atoms with van der Waals surface area (Å²) < 4.78 is 10.1. The van der Waals surface area contributed by atoms with E-state index in [0.717, 1.165) is 0 Å². The maximum atomic E-state index is 10.9. The van der Waals surface area contributed by atoms with Crippen molar-refractivity contribution in [3.8, 4) is 0 Å². The lowest BCUT2D eigenvalue weighted by atomic mass is 10.1. The highest BCUT2D eigenvalue weighted by Crippen LogP contribution is 2.23. The molecule has 0 aliphatic heterocycles. The van der Waals surface area contributed by atoms with Crippen LogP contribution in [0, 0.1) is 10.1 Å². The molecule has 0 saturated carbocycles. The number of nitro benzene ring substituents is 1. The molecule has 20 heavy (non-hydrogen) atoms. The fourth-order valence-corrected chi connectivity index (χ4v) is 1.60. The predicted molar refractivity (Wildman–Crippen MR) is 71.2 cm³/mol. The maximum absolute atomic E-state index is 10.9. The Morgan fingerprint density at radius 2 is 2.20 bits per heavy atom. The van der Waals surface area contributed by atoms with Crippen molar-refractivity contribution in [2.24, 2.45) is 0 Å². The molecule has 0 fully saturated rings. The molecule has 1 atom stereocenters. The second kappa shape index (κ2) is 7.41. The van der Waals surface area contributed by atoms with E-state index >= 15 is 0 Å². The molecule has 0 radical (unpaired) electrons. The molecule has 8 nitrogen and oxygen atoms in total. The first-order valence-corrected chi connectivity index (χ1v) is 5.77. The van der Waals surface area contributed by atoms with Gasteiger partial charge in [-0.2, -0.15) is 0 Å². The monoisotopic (exact) mass is 284 g/mol. The first kappa shape index (κ1) is 15.9. The Labute approximate surface area is 115 Å². The topological polar surface area (TPSA) is 111 Å². The van der Waals surface area contributed by atoms with Gasteiger partial charge < -0.3 is 19.9 Å². The molecule has 0 amide bonds. The van der Waals surface area contributed by atoms with E-state index in [1.165, 1.54) is 25.3 Å².